The van der Waals surface area contributed by atoms with Gasteiger partial charge in [0, 0.05) is 23.4 Å². The van der Waals surface area contributed by atoms with Gasteiger partial charge >= 0.3 is 11.6 Å². The van der Waals surface area contributed by atoms with E-state index in [2.05, 4.69) is 0 Å². The lowest BCUT2D eigenvalue weighted by Crippen LogP contribution is -2.36. The molecule has 0 atom stereocenters. The number of hydrogen-bond acceptors (Lipinski definition) is 4. The van der Waals surface area contributed by atoms with Crippen LogP contribution in [0.4, 0.5) is 0 Å². The highest BCUT2D eigenvalue weighted by atomic mass is 35.5. The Hall–Kier alpha value is -1.99. The van der Waals surface area contributed by atoms with Crippen molar-refractivity contribution in [2.75, 3.05) is 0 Å². The van der Waals surface area contributed by atoms with Crippen molar-refractivity contribution in [3.63, 3.8) is 0 Å². The van der Waals surface area contributed by atoms with Crippen molar-refractivity contribution in [3.05, 3.63) is 51.5 Å². The number of nitrogens with zero attached hydrogens (tertiary/aromatic N) is 2. The molecule has 2 rings (SSSR count). The van der Waals surface area contributed by atoms with Gasteiger partial charge in [0.2, 0.25) is 6.20 Å². The molecule has 0 aromatic carbocycles. The molecule has 2 heterocycles. The summed E-state index contributed by atoms with van der Waals surface area (Å²) < 4.78 is 18.9. The molecule has 0 saturated heterocycles. The van der Waals surface area contributed by atoms with Gasteiger partial charge in [0.25, 0.3) is 11.3 Å². The average Bonchev–Trinajstić information content (AvgIpc) is 2.46. The lowest BCUT2D eigenvalue weighted by Gasteiger charge is -2.05. The van der Waals surface area contributed by atoms with Crippen molar-refractivity contribution in [1.29, 1.82) is 0 Å². The van der Waals surface area contributed by atoms with Gasteiger partial charge in [0.05, 0.1) is 0 Å². The minimum absolute atomic E-state index is 0.230. The molecule has 112 valence electrons. The van der Waals surface area contributed by atoms with Crippen LogP contribution in [0.5, 0.6) is 0 Å². The van der Waals surface area contributed by atoms with Gasteiger partial charge in [-0.2, -0.15) is 8.42 Å². The van der Waals surface area contributed by atoms with Gasteiger partial charge in [-0.15, -0.1) is 0 Å². The van der Waals surface area contributed by atoms with Crippen LogP contribution in [0.3, 0.4) is 0 Å². The molecule has 1 N–H and O–H groups in total. The second-order valence-corrected chi connectivity index (χ2v) is 4.61. The van der Waals surface area contributed by atoms with Gasteiger partial charge in [-0.05, 0) is 24.6 Å². The van der Waals surface area contributed by atoms with Gasteiger partial charge in [-0.3, -0.25) is 10.0 Å². The van der Waals surface area contributed by atoms with E-state index in [9.17, 15) is 10.0 Å². The maximum Gasteiger partial charge on any atom is 0.335 e. The molecule has 21 heavy (non-hydrogen) atoms. The summed E-state index contributed by atoms with van der Waals surface area (Å²) in [6.07, 6.45) is 2.23. The molecule has 0 unspecified atom stereocenters. The third-order valence-electron chi connectivity index (χ3n) is 2.94. The molecular weight excluding hydrogens is 316 g/mol. The Labute approximate surface area is 129 Å². The summed E-state index contributed by atoms with van der Waals surface area (Å²) in [4.78, 5) is 12.2. The van der Waals surface area contributed by atoms with Crippen molar-refractivity contribution in [2.24, 2.45) is 7.05 Å². The molecule has 0 amide bonds. The fourth-order valence-electron chi connectivity index (χ4n) is 1.92. The van der Waals surface area contributed by atoms with Crippen molar-refractivity contribution in [1.82, 2.24) is 4.57 Å². The molecule has 2 aromatic rings. The van der Waals surface area contributed by atoms with Crippen LogP contribution in [0.1, 0.15) is 12.5 Å². The molecule has 0 aliphatic carbocycles. The minimum atomic E-state index is -0.750. The van der Waals surface area contributed by atoms with Gasteiger partial charge < -0.3 is 4.57 Å². The molecule has 0 saturated carbocycles. The van der Waals surface area contributed by atoms with Crippen molar-refractivity contribution in [3.8, 4) is 11.3 Å². The van der Waals surface area contributed by atoms with Gasteiger partial charge in [0.1, 0.15) is 10.7 Å². The van der Waals surface area contributed by atoms with E-state index in [1.165, 1.54) is 10.8 Å². The summed E-state index contributed by atoms with van der Waals surface area (Å²) in [6, 6.07) is 6.90. The molecule has 0 radical (unpaired) electrons. The zero-order chi connectivity index (χ0) is 16.0. The Morgan fingerprint density at radius 2 is 1.95 bits per heavy atom. The predicted molar refractivity (Wildman–Crippen MR) is 77.8 cm³/mol. The SMILES string of the molecule is CCc1ccc[n+](O)c1-c1ccc(Cl)n(C)c1=O.O=S=O. The zero-order valence-electron chi connectivity index (χ0n) is 11.4. The third-order valence-corrected chi connectivity index (χ3v) is 3.32. The first-order valence-electron chi connectivity index (χ1n) is 5.98. The Bertz CT molecular complexity index is 739. The highest BCUT2D eigenvalue weighted by Gasteiger charge is 2.21. The van der Waals surface area contributed by atoms with Crippen LogP contribution in [0, 0.1) is 0 Å². The smallest absolute Gasteiger partial charge is 0.301 e. The number of aryl methyl sites for hydroxylation is 1. The van der Waals surface area contributed by atoms with E-state index >= 15 is 0 Å². The van der Waals surface area contributed by atoms with Crippen LogP contribution in [-0.4, -0.2) is 18.2 Å². The first-order valence-corrected chi connectivity index (χ1v) is 7.02. The molecule has 0 spiro atoms. The van der Waals surface area contributed by atoms with Gasteiger partial charge in [-0.25, -0.2) is 0 Å². The van der Waals surface area contributed by atoms with Crippen LogP contribution >= 0.6 is 11.6 Å². The summed E-state index contributed by atoms with van der Waals surface area (Å²) in [7, 11) is 1.60. The number of aromatic nitrogens is 2. The fourth-order valence-corrected chi connectivity index (χ4v) is 2.06. The first kappa shape index (κ1) is 17.1. The molecule has 0 aliphatic heterocycles. The molecule has 6 nitrogen and oxygen atoms in total. The molecule has 8 heteroatoms. The predicted octanol–water partition coefficient (Wildman–Crippen LogP) is 1.12. The summed E-state index contributed by atoms with van der Waals surface area (Å²) >= 11 is 5.13. The Morgan fingerprint density at radius 3 is 2.52 bits per heavy atom. The molecule has 2 aromatic heterocycles. The van der Waals surface area contributed by atoms with Gasteiger partial charge in [-0.1, -0.05) is 18.5 Å². The minimum Gasteiger partial charge on any atom is -0.301 e. The molecule has 0 fully saturated rings. The van der Waals surface area contributed by atoms with Crippen molar-refractivity contribution in [2.45, 2.75) is 13.3 Å². The Kier molecular flexibility index (Phi) is 6.26. The quantitative estimate of drug-likeness (QED) is 0.508. The van der Waals surface area contributed by atoms with Crippen LogP contribution in [-0.2, 0) is 25.0 Å². The Balaban J connectivity index is 0.000000677. The Morgan fingerprint density at radius 1 is 1.33 bits per heavy atom. The van der Waals surface area contributed by atoms with E-state index in [-0.39, 0.29) is 5.56 Å². The summed E-state index contributed by atoms with van der Waals surface area (Å²) in [5, 5.41) is 10.3. The van der Waals surface area contributed by atoms with E-state index in [0.29, 0.717) is 16.4 Å². The number of rotatable bonds is 2. The monoisotopic (exact) mass is 329 g/mol. The number of halogens is 1. The lowest BCUT2D eigenvalue weighted by atomic mass is 10.1. The van der Waals surface area contributed by atoms with E-state index < -0.39 is 11.6 Å². The third kappa shape index (κ3) is 3.77. The molecular formula is C13H14ClN2O4S+. The average molecular weight is 330 g/mol. The highest BCUT2D eigenvalue weighted by molar-refractivity contribution is 7.51. The standard InChI is InChI=1S/C13H14ClN2O2.O2S/c1-3-9-5-4-8-16(18)12(9)10-6-7-11(14)15(2)13(10)17;1-3-2/h4-8,18H,3H2,1-2H3;/q+1;. The van der Waals surface area contributed by atoms with Crippen LogP contribution in [0.15, 0.2) is 35.3 Å². The van der Waals surface area contributed by atoms with Crippen LogP contribution < -0.4 is 10.3 Å². The maximum atomic E-state index is 12.2. The van der Waals surface area contributed by atoms with Gasteiger partial charge in [0.15, 0.2) is 0 Å². The first-order chi connectivity index (χ1) is 9.97. The summed E-state index contributed by atoms with van der Waals surface area (Å²) in [6.45, 7) is 1.97. The highest BCUT2D eigenvalue weighted by Crippen LogP contribution is 2.18. The number of hydrogen-bond donors (Lipinski definition) is 1. The van der Waals surface area contributed by atoms with E-state index in [4.69, 9.17) is 20.0 Å². The number of pyridine rings is 2. The topological polar surface area (TPSA) is 80.2 Å². The van der Waals surface area contributed by atoms with Crippen LogP contribution in [0.2, 0.25) is 5.15 Å². The summed E-state index contributed by atoms with van der Waals surface area (Å²) in [5.41, 5.74) is 1.62. The largest absolute Gasteiger partial charge is 0.335 e. The maximum absolute atomic E-state index is 12.2. The van der Waals surface area contributed by atoms with E-state index in [0.717, 1.165) is 16.7 Å². The molecule has 0 aliphatic rings. The second-order valence-electron chi connectivity index (χ2n) is 4.08. The van der Waals surface area contributed by atoms with Crippen molar-refractivity contribution < 1.29 is 18.4 Å². The summed E-state index contributed by atoms with van der Waals surface area (Å²) in [5.74, 6) is 0. The van der Waals surface area contributed by atoms with E-state index in [1.807, 2.05) is 13.0 Å². The lowest BCUT2D eigenvalue weighted by molar-refractivity contribution is -0.896. The van der Waals surface area contributed by atoms with Crippen molar-refractivity contribution >= 4 is 23.2 Å². The molecule has 0 bridgehead atoms. The normalized spacial score (nSPS) is 9.67. The fraction of sp³-hybridized carbons (Fsp3) is 0.231. The second kappa shape index (κ2) is 7.70. The van der Waals surface area contributed by atoms with Crippen LogP contribution in [0.25, 0.3) is 11.3 Å². The van der Waals surface area contributed by atoms with E-state index in [1.54, 1.807) is 25.2 Å². The zero-order valence-corrected chi connectivity index (χ0v) is 13.0.